The Labute approximate surface area is 257 Å². The number of ether oxygens (including phenoxy) is 3. The number of carbonyl (C=O) groups excluding carboxylic acids is 2. The van der Waals surface area contributed by atoms with E-state index in [1.165, 1.54) is 36.5 Å². The van der Waals surface area contributed by atoms with Crippen molar-refractivity contribution in [3.63, 3.8) is 0 Å². The molecule has 6 heteroatoms. The predicted octanol–water partition coefficient (Wildman–Crippen LogP) is 7.62. The molecule has 43 heavy (non-hydrogen) atoms. The highest BCUT2D eigenvalue weighted by Gasteiger charge is 2.27. The highest BCUT2D eigenvalue weighted by molar-refractivity contribution is 5.89. The van der Waals surface area contributed by atoms with E-state index in [0.29, 0.717) is 18.6 Å². The topological polar surface area (TPSA) is 65.1 Å². The Hall–Kier alpha value is -3.64. The molecular formula is C37H47NO5. The second-order valence-electron chi connectivity index (χ2n) is 12.5. The van der Waals surface area contributed by atoms with Crippen LogP contribution < -0.4 is 4.74 Å². The average molecular weight is 586 g/mol. The summed E-state index contributed by atoms with van der Waals surface area (Å²) in [5.74, 6) is 0.454. The second-order valence-corrected chi connectivity index (χ2v) is 12.5. The molecule has 0 heterocycles. The number of unbranched alkanes of at least 4 members (excludes halogenated alkanes) is 1. The highest BCUT2D eigenvalue weighted by Crippen LogP contribution is 2.36. The smallest absolute Gasteiger partial charge is 0.337 e. The van der Waals surface area contributed by atoms with Gasteiger partial charge in [-0.2, -0.15) is 0 Å². The summed E-state index contributed by atoms with van der Waals surface area (Å²) in [6, 6.07) is 23.3. The monoisotopic (exact) mass is 585 g/mol. The fourth-order valence-corrected chi connectivity index (χ4v) is 5.90. The maximum Gasteiger partial charge on any atom is 0.337 e. The zero-order valence-electron chi connectivity index (χ0n) is 26.5. The molecule has 3 aromatic carbocycles. The molecule has 0 aliphatic heterocycles. The Morgan fingerprint density at radius 2 is 1.67 bits per heavy atom. The molecule has 0 fully saturated rings. The molecule has 230 valence electrons. The van der Waals surface area contributed by atoms with Crippen LogP contribution in [0.25, 0.3) is 0 Å². The standard InChI is InChI=1S/C37H47NO5/c1-37(2,3)31-19-16-27(17-20-31)26-43-34-14-7-6-11-28(34)22-24-38(23-9-8-15-35(39)41-4)33-13-10-12-29-25-30(36(40)42-5)18-21-32(29)33/h6-7,11,14,16-21,25,33H,8-10,12-13,15,22-24,26H2,1-5H3. The number of methoxy groups -OCH3 is 2. The van der Waals surface area contributed by atoms with Gasteiger partial charge in [-0.05, 0) is 96.5 Å². The summed E-state index contributed by atoms with van der Waals surface area (Å²) in [6.45, 7) is 8.94. The summed E-state index contributed by atoms with van der Waals surface area (Å²) in [6.07, 6.45) is 6.06. The summed E-state index contributed by atoms with van der Waals surface area (Å²) < 4.78 is 16.2. The SMILES string of the molecule is COC(=O)CCCCN(CCc1ccccc1OCc1ccc(C(C)(C)C)cc1)C1CCCc2cc(C(=O)OC)ccc21. The largest absolute Gasteiger partial charge is 0.489 e. The number of hydrogen-bond donors (Lipinski definition) is 0. The summed E-state index contributed by atoms with van der Waals surface area (Å²) in [7, 11) is 2.86. The van der Waals surface area contributed by atoms with Crippen molar-refractivity contribution in [3.05, 3.63) is 100 Å². The minimum absolute atomic E-state index is 0.125. The number of para-hydroxylation sites is 1. The van der Waals surface area contributed by atoms with Crippen molar-refractivity contribution in [2.45, 2.75) is 83.8 Å². The molecule has 0 radical (unpaired) electrons. The van der Waals surface area contributed by atoms with Gasteiger partial charge >= 0.3 is 11.9 Å². The van der Waals surface area contributed by atoms with Crippen LogP contribution in [0.3, 0.4) is 0 Å². The van der Waals surface area contributed by atoms with Gasteiger partial charge in [-0.15, -0.1) is 0 Å². The lowest BCUT2D eigenvalue weighted by molar-refractivity contribution is -0.140. The summed E-state index contributed by atoms with van der Waals surface area (Å²) in [4.78, 5) is 26.4. The fourth-order valence-electron chi connectivity index (χ4n) is 5.90. The molecule has 3 aromatic rings. The van der Waals surface area contributed by atoms with E-state index in [9.17, 15) is 9.59 Å². The number of hydrogen-bond acceptors (Lipinski definition) is 6. The number of rotatable bonds is 13. The third-order valence-corrected chi connectivity index (χ3v) is 8.45. The molecule has 0 spiro atoms. The van der Waals surface area contributed by atoms with E-state index in [1.54, 1.807) is 0 Å². The van der Waals surface area contributed by atoms with E-state index < -0.39 is 0 Å². The molecule has 0 aromatic heterocycles. The van der Waals surface area contributed by atoms with Gasteiger partial charge in [-0.3, -0.25) is 9.69 Å². The van der Waals surface area contributed by atoms with E-state index in [2.05, 4.69) is 74.2 Å². The molecule has 0 amide bonds. The molecule has 4 rings (SSSR count). The van der Waals surface area contributed by atoms with Gasteiger partial charge in [0, 0.05) is 19.0 Å². The van der Waals surface area contributed by atoms with Crippen LogP contribution in [0.5, 0.6) is 5.75 Å². The lowest BCUT2D eigenvalue weighted by atomic mass is 9.85. The minimum atomic E-state index is -0.300. The first kappa shape index (κ1) is 32.3. The molecule has 6 nitrogen and oxygen atoms in total. The van der Waals surface area contributed by atoms with Gasteiger partial charge in [0.15, 0.2) is 0 Å². The van der Waals surface area contributed by atoms with Gasteiger partial charge in [0.1, 0.15) is 12.4 Å². The maximum atomic E-state index is 12.2. The van der Waals surface area contributed by atoms with Crippen molar-refractivity contribution in [1.82, 2.24) is 4.90 Å². The van der Waals surface area contributed by atoms with Gasteiger partial charge in [0.25, 0.3) is 0 Å². The maximum absolute atomic E-state index is 12.2. The molecule has 1 atom stereocenters. The number of carbonyl (C=O) groups is 2. The van der Waals surface area contributed by atoms with Gasteiger partial charge in [0.2, 0.25) is 0 Å². The van der Waals surface area contributed by atoms with Gasteiger partial charge in [-0.25, -0.2) is 4.79 Å². The zero-order chi connectivity index (χ0) is 30.8. The van der Waals surface area contributed by atoms with E-state index in [1.807, 2.05) is 18.2 Å². The zero-order valence-corrected chi connectivity index (χ0v) is 26.5. The Morgan fingerprint density at radius 1 is 0.907 bits per heavy atom. The third-order valence-electron chi connectivity index (χ3n) is 8.45. The van der Waals surface area contributed by atoms with Crippen LogP contribution in [0.4, 0.5) is 0 Å². The van der Waals surface area contributed by atoms with Crippen LogP contribution in [-0.4, -0.2) is 44.1 Å². The first-order chi connectivity index (χ1) is 20.7. The molecule has 0 N–H and O–H groups in total. The minimum Gasteiger partial charge on any atom is -0.489 e. The van der Waals surface area contributed by atoms with Gasteiger partial charge in [-0.1, -0.05) is 69.3 Å². The summed E-state index contributed by atoms with van der Waals surface area (Å²) in [5, 5.41) is 0. The Bertz CT molecular complexity index is 1360. The molecule has 1 aliphatic rings. The van der Waals surface area contributed by atoms with Crippen LogP contribution in [0, 0.1) is 0 Å². The van der Waals surface area contributed by atoms with E-state index >= 15 is 0 Å². The van der Waals surface area contributed by atoms with Gasteiger partial charge in [0.05, 0.1) is 19.8 Å². The summed E-state index contributed by atoms with van der Waals surface area (Å²) in [5.41, 5.74) is 6.89. The summed E-state index contributed by atoms with van der Waals surface area (Å²) >= 11 is 0. The number of benzene rings is 3. The first-order valence-corrected chi connectivity index (χ1v) is 15.5. The quantitative estimate of drug-likeness (QED) is 0.152. The van der Waals surface area contributed by atoms with Crippen molar-refractivity contribution in [3.8, 4) is 5.75 Å². The fraction of sp³-hybridized carbons (Fsp3) is 0.459. The van der Waals surface area contributed by atoms with Crippen molar-refractivity contribution in [2.24, 2.45) is 0 Å². The van der Waals surface area contributed by atoms with E-state index in [0.717, 1.165) is 62.9 Å². The number of nitrogens with zero attached hydrogens (tertiary/aromatic N) is 1. The molecule has 0 saturated carbocycles. The molecule has 0 saturated heterocycles. The second kappa shape index (κ2) is 15.2. The number of fused-ring (bicyclic) bond motifs is 1. The Balaban J connectivity index is 1.48. The molecule has 0 bridgehead atoms. The molecular weight excluding hydrogens is 538 g/mol. The first-order valence-electron chi connectivity index (χ1n) is 15.5. The lowest BCUT2D eigenvalue weighted by Crippen LogP contribution is -2.34. The van der Waals surface area contributed by atoms with Crippen LogP contribution in [-0.2, 0) is 39.1 Å². The molecule has 1 aliphatic carbocycles. The van der Waals surface area contributed by atoms with Crippen LogP contribution in [0.2, 0.25) is 0 Å². The van der Waals surface area contributed by atoms with E-state index in [-0.39, 0.29) is 23.4 Å². The Morgan fingerprint density at radius 3 is 2.40 bits per heavy atom. The van der Waals surface area contributed by atoms with Crippen molar-refractivity contribution in [1.29, 1.82) is 0 Å². The van der Waals surface area contributed by atoms with Crippen molar-refractivity contribution >= 4 is 11.9 Å². The lowest BCUT2D eigenvalue weighted by Gasteiger charge is -2.36. The normalized spacial score (nSPS) is 14.7. The average Bonchev–Trinajstić information content (AvgIpc) is 3.02. The van der Waals surface area contributed by atoms with Crippen LogP contribution in [0.15, 0.2) is 66.7 Å². The van der Waals surface area contributed by atoms with Crippen molar-refractivity contribution in [2.75, 3.05) is 27.3 Å². The van der Waals surface area contributed by atoms with Crippen LogP contribution in [0.1, 0.15) is 97.1 Å². The Kier molecular flexibility index (Phi) is 11.4. The van der Waals surface area contributed by atoms with Crippen molar-refractivity contribution < 1.29 is 23.8 Å². The van der Waals surface area contributed by atoms with Gasteiger partial charge < -0.3 is 14.2 Å². The van der Waals surface area contributed by atoms with Crippen LogP contribution >= 0.6 is 0 Å². The molecule has 1 unspecified atom stereocenters. The number of esters is 2. The van der Waals surface area contributed by atoms with E-state index in [4.69, 9.17) is 14.2 Å². The number of aryl methyl sites for hydroxylation is 1. The third kappa shape index (κ3) is 8.93. The highest BCUT2D eigenvalue weighted by atomic mass is 16.5. The predicted molar refractivity (Wildman–Crippen MR) is 171 cm³/mol.